The molecule has 1 amide bonds. The summed E-state index contributed by atoms with van der Waals surface area (Å²) in [4.78, 5) is 13.7. The van der Waals surface area contributed by atoms with Gasteiger partial charge in [0.15, 0.2) is 0 Å². The normalized spacial score (nSPS) is 18.1. The van der Waals surface area contributed by atoms with Crippen LogP contribution < -0.4 is 0 Å². The summed E-state index contributed by atoms with van der Waals surface area (Å²) in [7, 11) is 0. The molecule has 26 heavy (non-hydrogen) atoms. The number of ether oxygens (including phenoxy) is 2. The first-order chi connectivity index (χ1) is 12.4. The van der Waals surface area contributed by atoms with Gasteiger partial charge in [-0.3, -0.25) is 0 Å². The average Bonchev–Trinajstić information content (AvgIpc) is 2.64. The SMILES string of the molecule is O=C(OCC(Cl)(Cl)Cl)N1CCCC(OCc2ccc3ccccc3c2)C1. The Hall–Kier alpha value is -1.20. The number of amides is 1. The lowest BCUT2D eigenvalue weighted by molar-refractivity contribution is -0.0104. The van der Waals surface area contributed by atoms with Crippen molar-refractivity contribution in [3.05, 3.63) is 48.0 Å². The fourth-order valence-electron chi connectivity index (χ4n) is 3.02. The number of piperidine rings is 1. The third-order valence-corrected chi connectivity index (χ3v) is 4.62. The van der Waals surface area contributed by atoms with Gasteiger partial charge in [-0.05, 0) is 35.2 Å². The fourth-order valence-corrected chi connectivity index (χ4v) is 3.18. The van der Waals surface area contributed by atoms with E-state index in [1.807, 2.05) is 12.1 Å². The number of halogens is 3. The van der Waals surface area contributed by atoms with Crippen LogP contribution in [0.3, 0.4) is 0 Å². The molecule has 3 rings (SSSR count). The van der Waals surface area contributed by atoms with E-state index in [0.717, 1.165) is 18.4 Å². The molecule has 0 aliphatic carbocycles. The standard InChI is InChI=1S/C19H20Cl3NO3/c20-19(21,22)13-26-18(24)23-9-3-6-17(11-23)25-12-14-7-8-15-4-1-2-5-16(15)10-14/h1-2,4-5,7-8,10,17H,3,6,9,11-13H2. The molecule has 140 valence electrons. The molecule has 0 spiro atoms. The van der Waals surface area contributed by atoms with Gasteiger partial charge in [0.2, 0.25) is 3.79 Å². The molecule has 0 bridgehead atoms. The van der Waals surface area contributed by atoms with Gasteiger partial charge in [-0.15, -0.1) is 0 Å². The highest BCUT2D eigenvalue weighted by Crippen LogP contribution is 2.26. The third kappa shape index (κ3) is 5.65. The Labute approximate surface area is 167 Å². The van der Waals surface area contributed by atoms with Gasteiger partial charge in [0.1, 0.15) is 6.61 Å². The molecule has 1 saturated heterocycles. The Kier molecular flexibility index (Phi) is 6.51. The predicted octanol–water partition coefficient (Wildman–Crippen LogP) is 5.33. The smallest absolute Gasteiger partial charge is 0.409 e. The molecule has 2 aromatic rings. The molecule has 1 atom stereocenters. The van der Waals surface area contributed by atoms with Gasteiger partial charge in [0.05, 0.1) is 19.3 Å². The van der Waals surface area contributed by atoms with Crippen molar-refractivity contribution in [3.63, 3.8) is 0 Å². The summed E-state index contributed by atoms with van der Waals surface area (Å²) in [6.07, 6.45) is 1.25. The molecule has 7 heteroatoms. The molecule has 0 aromatic heterocycles. The molecular weight excluding hydrogens is 397 g/mol. The topological polar surface area (TPSA) is 38.8 Å². The highest BCUT2D eigenvalue weighted by atomic mass is 35.6. The number of rotatable bonds is 4. The van der Waals surface area contributed by atoms with Gasteiger partial charge >= 0.3 is 6.09 Å². The molecular formula is C19H20Cl3NO3. The largest absolute Gasteiger partial charge is 0.445 e. The summed E-state index contributed by atoms with van der Waals surface area (Å²) in [5.74, 6) is 0. The first-order valence-corrected chi connectivity index (χ1v) is 9.62. The van der Waals surface area contributed by atoms with Crippen LogP contribution in [0.2, 0.25) is 0 Å². The summed E-state index contributed by atoms with van der Waals surface area (Å²) in [6.45, 7) is 1.34. The first-order valence-electron chi connectivity index (χ1n) is 8.48. The van der Waals surface area contributed by atoms with Crippen LogP contribution in [-0.2, 0) is 16.1 Å². The molecule has 1 fully saturated rings. The fraction of sp³-hybridized carbons (Fsp3) is 0.421. The summed E-state index contributed by atoms with van der Waals surface area (Å²) in [5.41, 5.74) is 1.11. The molecule has 1 heterocycles. The lowest BCUT2D eigenvalue weighted by Crippen LogP contribution is -2.44. The summed E-state index contributed by atoms with van der Waals surface area (Å²) in [5, 5.41) is 2.39. The van der Waals surface area contributed by atoms with E-state index in [-0.39, 0.29) is 12.7 Å². The second-order valence-electron chi connectivity index (χ2n) is 6.37. The average molecular weight is 417 g/mol. The minimum atomic E-state index is -1.60. The monoisotopic (exact) mass is 415 g/mol. The molecule has 1 unspecified atom stereocenters. The summed E-state index contributed by atoms with van der Waals surface area (Å²) in [6, 6.07) is 14.5. The Morgan fingerprint density at radius 3 is 2.69 bits per heavy atom. The van der Waals surface area contributed by atoms with Gasteiger partial charge in [-0.2, -0.15) is 0 Å². The van der Waals surface area contributed by atoms with Gasteiger partial charge in [0.25, 0.3) is 0 Å². The van der Waals surface area contributed by atoms with E-state index < -0.39 is 9.89 Å². The molecule has 4 nitrogen and oxygen atoms in total. The molecule has 1 aliphatic rings. The number of carbonyl (C=O) groups excluding carboxylic acids is 1. The van der Waals surface area contributed by atoms with Crippen molar-refractivity contribution in [1.29, 1.82) is 0 Å². The number of fused-ring (bicyclic) bond motifs is 1. The Morgan fingerprint density at radius 1 is 1.15 bits per heavy atom. The van der Waals surface area contributed by atoms with Crippen LogP contribution in [0.5, 0.6) is 0 Å². The van der Waals surface area contributed by atoms with Crippen molar-refractivity contribution in [2.24, 2.45) is 0 Å². The molecule has 1 aliphatic heterocycles. The highest BCUT2D eigenvalue weighted by Gasteiger charge is 2.28. The van der Waals surface area contributed by atoms with E-state index in [4.69, 9.17) is 44.3 Å². The maximum Gasteiger partial charge on any atom is 0.409 e. The maximum absolute atomic E-state index is 12.1. The van der Waals surface area contributed by atoms with E-state index >= 15 is 0 Å². The zero-order valence-electron chi connectivity index (χ0n) is 14.2. The number of likely N-dealkylation sites (tertiary alicyclic amines) is 1. The highest BCUT2D eigenvalue weighted by molar-refractivity contribution is 6.67. The number of hydrogen-bond acceptors (Lipinski definition) is 3. The second-order valence-corrected chi connectivity index (χ2v) is 8.89. The van der Waals surface area contributed by atoms with Crippen LogP contribution >= 0.6 is 34.8 Å². The van der Waals surface area contributed by atoms with Crippen LogP contribution in [0.4, 0.5) is 4.79 Å². The Morgan fingerprint density at radius 2 is 1.92 bits per heavy atom. The van der Waals surface area contributed by atoms with E-state index in [2.05, 4.69) is 30.3 Å². The van der Waals surface area contributed by atoms with Crippen LogP contribution in [0.1, 0.15) is 18.4 Å². The van der Waals surface area contributed by atoms with Crippen molar-refractivity contribution in [1.82, 2.24) is 4.90 Å². The van der Waals surface area contributed by atoms with Crippen LogP contribution in [0.15, 0.2) is 42.5 Å². The van der Waals surface area contributed by atoms with Crippen molar-refractivity contribution < 1.29 is 14.3 Å². The summed E-state index contributed by atoms with van der Waals surface area (Å²) >= 11 is 16.8. The van der Waals surface area contributed by atoms with Crippen LogP contribution in [0, 0.1) is 0 Å². The lowest BCUT2D eigenvalue weighted by atomic mass is 10.1. The quantitative estimate of drug-likeness (QED) is 0.633. The number of hydrogen-bond donors (Lipinski definition) is 0. The molecule has 2 aromatic carbocycles. The van der Waals surface area contributed by atoms with E-state index in [9.17, 15) is 4.79 Å². The van der Waals surface area contributed by atoms with E-state index in [0.29, 0.717) is 19.7 Å². The molecule has 0 saturated carbocycles. The lowest BCUT2D eigenvalue weighted by Gasteiger charge is -2.32. The third-order valence-electron chi connectivity index (χ3n) is 4.30. The number of benzene rings is 2. The Balaban J connectivity index is 1.52. The van der Waals surface area contributed by atoms with Crippen molar-refractivity contribution in [2.75, 3.05) is 19.7 Å². The van der Waals surface area contributed by atoms with Crippen molar-refractivity contribution in [3.8, 4) is 0 Å². The van der Waals surface area contributed by atoms with E-state index in [1.54, 1.807) is 4.90 Å². The van der Waals surface area contributed by atoms with Gasteiger partial charge < -0.3 is 14.4 Å². The minimum Gasteiger partial charge on any atom is -0.445 e. The molecule has 0 N–H and O–H groups in total. The number of nitrogens with zero attached hydrogens (tertiary/aromatic N) is 1. The zero-order chi connectivity index (χ0) is 18.6. The number of alkyl halides is 3. The van der Waals surface area contributed by atoms with Gasteiger partial charge in [-0.1, -0.05) is 71.2 Å². The Bertz CT molecular complexity index is 763. The van der Waals surface area contributed by atoms with Gasteiger partial charge in [-0.25, -0.2) is 4.79 Å². The predicted molar refractivity (Wildman–Crippen MR) is 105 cm³/mol. The van der Waals surface area contributed by atoms with Crippen molar-refractivity contribution in [2.45, 2.75) is 29.3 Å². The minimum absolute atomic E-state index is 0.0319. The van der Waals surface area contributed by atoms with Crippen molar-refractivity contribution >= 4 is 51.7 Å². The first kappa shape index (κ1) is 19.6. The molecule has 0 radical (unpaired) electrons. The van der Waals surface area contributed by atoms with Gasteiger partial charge in [0, 0.05) is 6.54 Å². The van der Waals surface area contributed by atoms with Crippen LogP contribution in [-0.4, -0.2) is 40.6 Å². The van der Waals surface area contributed by atoms with Crippen LogP contribution in [0.25, 0.3) is 10.8 Å². The maximum atomic E-state index is 12.1. The van der Waals surface area contributed by atoms with E-state index in [1.165, 1.54) is 10.8 Å². The summed E-state index contributed by atoms with van der Waals surface area (Å²) < 4.78 is 9.46. The second kappa shape index (κ2) is 8.66. The number of carbonyl (C=O) groups is 1. The zero-order valence-corrected chi connectivity index (χ0v) is 16.4.